The molecular formula is C45H32N2. The van der Waals surface area contributed by atoms with E-state index in [2.05, 4.69) is 192 Å². The lowest BCUT2D eigenvalue weighted by Crippen LogP contribution is -2.08. The van der Waals surface area contributed by atoms with Crippen molar-refractivity contribution in [3.05, 3.63) is 176 Å². The van der Waals surface area contributed by atoms with Gasteiger partial charge in [-0.05, 0) is 80.9 Å². The Morgan fingerprint density at radius 3 is 1.57 bits per heavy atom. The number of fused-ring (bicyclic) bond motifs is 8. The first-order chi connectivity index (χ1) is 23.2. The number of hydrogen-bond acceptors (Lipinski definition) is 1. The molecule has 47 heavy (non-hydrogen) atoms. The van der Waals surface area contributed by atoms with Crippen molar-refractivity contribution < 1.29 is 0 Å². The maximum atomic E-state index is 2.48. The molecule has 1 heterocycles. The number of rotatable bonds is 5. The van der Waals surface area contributed by atoms with Crippen LogP contribution >= 0.6 is 0 Å². The minimum atomic E-state index is 1.15. The van der Waals surface area contributed by atoms with E-state index in [1.54, 1.807) is 0 Å². The quantitative estimate of drug-likeness (QED) is 0.178. The average Bonchev–Trinajstić information content (AvgIpc) is 3.50. The fourth-order valence-corrected chi connectivity index (χ4v) is 7.24. The van der Waals surface area contributed by atoms with Crippen LogP contribution in [0, 0.1) is 0 Å². The highest BCUT2D eigenvalue weighted by molar-refractivity contribution is 6.32. The number of benzene rings is 8. The molecule has 0 atom stereocenters. The zero-order valence-corrected chi connectivity index (χ0v) is 26.1. The molecule has 0 saturated heterocycles. The van der Waals surface area contributed by atoms with Crippen molar-refractivity contribution in [2.24, 2.45) is 0 Å². The van der Waals surface area contributed by atoms with Gasteiger partial charge < -0.3 is 9.47 Å². The molecule has 0 aliphatic heterocycles. The lowest BCUT2D eigenvalue weighted by atomic mass is 9.96. The third-order valence-electron chi connectivity index (χ3n) is 9.60. The summed E-state index contributed by atoms with van der Waals surface area (Å²) in [5.41, 5.74) is 10.8. The van der Waals surface area contributed by atoms with Crippen molar-refractivity contribution in [2.45, 2.75) is 0 Å². The Hall–Kier alpha value is -6.12. The maximum Gasteiger partial charge on any atom is 0.0625 e. The Bertz CT molecular complexity index is 2540. The van der Waals surface area contributed by atoms with E-state index < -0.39 is 0 Å². The topological polar surface area (TPSA) is 8.17 Å². The highest BCUT2D eigenvalue weighted by Gasteiger charge is 2.19. The molecule has 0 bridgehead atoms. The first-order valence-electron chi connectivity index (χ1n) is 16.2. The lowest BCUT2D eigenvalue weighted by Gasteiger charge is -2.19. The van der Waals surface area contributed by atoms with Gasteiger partial charge in [0.05, 0.1) is 11.0 Å². The van der Waals surface area contributed by atoms with Crippen molar-refractivity contribution in [1.82, 2.24) is 4.57 Å². The molecule has 1 aromatic heterocycles. The minimum absolute atomic E-state index is 1.15. The summed E-state index contributed by atoms with van der Waals surface area (Å²) in [5, 5.41) is 7.67. The highest BCUT2D eigenvalue weighted by atomic mass is 15.1. The molecule has 8 aromatic carbocycles. The molecule has 0 radical (unpaired) electrons. The molecule has 0 fully saturated rings. The molecule has 0 aliphatic carbocycles. The Labute approximate surface area is 274 Å². The van der Waals surface area contributed by atoms with Gasteiger partial charge in [0.25, 0.3) is 0 Å². The van der Waals surface area contributed by atoms with E-state index in [4.69, 9.17) is 0 Å². The summed E-state index contributed by atoms with van der Waals surface area (Å²) < 4.78 is 2.48. The van der Waals surface area contributed by atoms with Gasteiger partial charge in [0, 0.05) is 40.3 Å². The van der Waals surface area contributed by atoms with Gasteiger partial charge in [-0.1, -0.05) is 133 Å². The molecule has 0 spiro atoms. The van der Waals surface area contributed by atoms with E-state index >= 15 is 0 Å². The van der Waals surface area contributed by atoms with Crippen molar-refractivity contribution in [1.29, 1.82) is 0 Å². The Kier molecular flexibility index (Phi) is 6.39. The zero-order valence-electron chi connectivity index (χ0n) is 26.1. The molecule has 9 rings (SSSR count). The van der Waals surface area contributed by atoms with Crippen LogP contribution in [0.25, 0.3) is 71.3 Å². The van der Waals surface area contributed by atoms with Crippen LogP contribution in [0.3, 0.4) is 0 Å². The van der Waals surface area contributed by atoms with Crippen molar-refractivity contribution in [2.75, 3.05) is 11.9 Å². The number of nitrogens with zero attached hydrogens (tertiary/aromatic N) is 2. The summed E-state index contributed by atoms with van der Waals surface area (Å²) in [6, 6.07) is 63.7. The number of para-hydroxylation sites is 1. The van der Waals surface area contributed by atoms with Gasteiger partial charge in [0.15, 0.2) is 0 Å². The molecule has 9 aromatic rings. The molecule has 0 aliphatic rings. The van der Waals surface area contributed by atoms with Gasteiger partial charge in [-0.25, -0.2) is 0 Å². The number of anilines is 2. The van der Waals surface area contributed by atoms with Crippen LogP contribution in [0.15, 0.2) is 176 Å². The van der Waals surface area contributed by atoms with E-state index in [0.29, 0.717) is 0 Å². The Balaban J connectivity index is 1.28. The smallest absolute Gasteiger partial charge is 0.0625 e. The summed E-state index contributed by atoms with van der Waals surface area (Å²) in [6.07, 6.45) is 0. The van der Waals surface area contributed by atoms with Gasteiger partial charge in [-0.3, -0.25) is 0 Å². The molecule has 0 saturated carbocycles. The second-order valence-corrected chi connectivity index (χ2v) is 12.2. The van der Waals surface area contributed by atoms with Crippen molar-refractivity contribution in [3.63, 3.8) is 0 Å². The van der Waals surface area contributed by atoms with Crippen LogP contribution in [0.1, 0.15) is 0 Å². The van der Waals surface area contributed by atoms with E-state index in [1.807, 2.05) is 0 Å². The van der Waals surface area contributed by atoms with Gasteiger partial charge in [0.2, 0.25) is 0 Å². The second-order valence-electron chi connectivity index (χ2n) is 12.2. The monoisotopic (exact) mass is 600 g/mol. The first-order valence-corrected chi connectivity index (χ1v) is 16.2. The molecule has 222 valence electrons. The summed E-state index contributed by atoms with van der Waals surface area (Å²) in [5.74, 6) is 0. The van der Waals surface area contributed by atoms with Crippen LogP contribution in [0.2, 0.25) is 0 Å². The minimum Gasteiger partial charge on any atom is -0.345 e. The van der Waals surface area contributed by atoms with Crippen LogP contribution in [-0.4, -0.2) is 11.6 Å². The Morgan fingerprint density at radius 2 is 0.872 bits per heavy atom. The van der Waals surface area contributed by atoms with Gasteiger partial charge in [-0.2, -0.15) is 0 Å². The fraction of sp³-hybridized carbons (Fsp3) is 0.0222. The standard InChI is InChI=1S/C45H32N2/c1-46(35-14-6-3-7-15-35)36-25-20-33(21-26-36)34-24-29-42-43(30-34)47(37-27-22-32(23-28-37)31-12-4-2-5-13-31)45-41-19-11-9-17-39(41)38-16-8-10-18-40(38)44(42)45/h2-30H,1H3. The number of hydrogen-bond donors (Lipinski definition) is 0. The normalized spacial score (nSPS) is 11.5. The molecule has 2 nitrogen and oxygen atoms in total. The molecule has 2 heteroatoms. The third-order valence-corrected chi connectivity index (χ3v) is 9.60. The van der Waals surface area contributed by atoms with E-state index in [-0.39, 0.29) is 0 Å². The average molecular weight is 601 g/mol. The third kappa shape index (κ3) is 4.49. The predicted molar refractivity (Wildman–Crippen MR) is 201 cm³/mol. The summed E-state index contributed by atoms with van der Waals surface area (Å²) in [6.45, 7) is 0. The van der Waals surface area contributed by atoms with Gasteiger partial charge in [0.1, 0.15) is 0 Å². The van der Waals surface area contributed by atoms with Crippen LogP contribution in [-0.2, 0) is 0 Å². The molecule has 0 amide bonds. The van der Waals surface area contributed by atoms with Crippen molar-refractivity contribution >= 4 is 54.7 Å². The van der Waals surface area contributed by atoms with Crippen LogP contribution in [0.4, 0.5) is 11.4 Å². The van der Waals surface area contributed by atoms with Crippen molar-refractivity contribution in [3.8, 4) is 27.9 Å². The molecule has 0 unspecified atom stereocenters. The first kappa shape index (κ1) is 27.2. The van der Waals surface area contributed by atoms with E-state index in [0.717, 1.165) is 11.4 Å². The fourth-order valence-electron chi connectivity index (χ4n) is 7.24. The SMILES string of the molecule is CN(c1ccccc1)c1ccc(-c2ccc3c4c5ccccc5c5ccccc5c4n(-c4ccc(-c5ccccc5)cc4)c3c2)cc1. The largest absolute Gasteiger partial charge is 0.345 e. The maximum absolute atomic E-state index is 2.48. The summed E-state index contributed by atoms with van der Waals surface area (Å²) in [4.78, 5) is 2.22. The Morgan fingerprint density at radius 1 is 0.383 bits per heavy atom. The zero-order chi connectivity index (χ0) is 31.3. The summed E-state index contributed by atoms with van der Waals surface area (Å²) in [7, 11) is 2.12. The van der Waals surface area contributed by atoms with E-state index in [9.17, 15) is 0 Å². The highest BCUT2D eigenvalue weighted by Crippen LogP contribution is 2.43. The lowest BCUT2D eigenvalue weighted by molar-refractivity contribution is 1.19. The summed E-state index contributed by atoms with van der Waals surface area (Å²) >= 11 is 0. The van der Waals surface area contributed by atoms with Crippen LogP contribution < -0.4 is 4.90 Å². The van der Waals surface area contributed by atoms with Crippen LogP contribution in [0.5, 0.6) is 0 Å². The van der Waals surface area contributed by atoms with E-state index in [1.165, 1.54) is 71.3 Å². The van der Waals surface area contributed by atoms with Gasteiger partial charge in [-0.15, -0.1) is 0 Å². The number of aromatic nitrogens is 1. The van der Waals surface area contributed by atoms with Gasteiger partial charge >= 0.3 is 0 Å². The second kappa shape index (κ2) is 11.0. The molecule has 0 N–H and O–H groups in total. The molecular weight excluding hydrogens is 569 g/mol. The predicted octanol–water partition coefficient (Wildman–Crippen LogP) is 12.2.